The first-order chi connectivity index (χ1) is 11.6. The lowest BCUT2D eigenvalue weighted by Crippen LogP contribution is -2.33. The van der Waals surface area contributed by atoms with Crippen molar-refractivity contribution in [3.63, 3.8) is 0 Å². The van der Waals surface area contributed by atoms with E-state index in [0.29, 0.717) is 36.5 Å². The Bertz CT molecular complexity index is 736. The number of amides is 2. The fourth-order valence-corrected chi connectivity index (χ4v) is 2.67. The third-order valence-corrected chi connectivity index (χ3v) is 4.08. The van der Waals surface area contributed by atoms with Crippen LogP contribution in [0.1, 0.15) is 35.2 Å². The molecule has 1 aromatic carbocycles. The third kappa shape index (κ3) is 3.49. The molecule has 6 nitrogen and oxygen atoms in total. The number of aliphatic hydroxyl groups excluding tert-OH is 1. The van der Waals surface area contributed by atoms with Crippen LogP contribution in [0.3, 0.4) is 0 Å². The van der Waals surface area contributed by atoms with Crippen molar-refractivity contribution in [1.82, 2.24) is 4.90 Å². The molecule has 6 heteroatoms. The molecule has 24 heavy (non-hydrogen) atoms. The second-order valence-electron chi connectivity index (χ2n) is 5.84. The number of rotatable bonds is 4. The Morgan fingerprint density at radius 3 is 2.58 bits per heavy atom. The molecule has 0 radical (unpaired) electrons. The molecule has 0 bridgehead atoms. The Balaban J connectivity index is 1.64. The molecule has 1 aromatic heterocycles. The third-order valence-electron chi connectivity index (χ3n) is 4.08. The van der Waals surface area contributed by atoms with Crippen molar-refractivity contribution >= 4 is 17.5 Å². The number of carbonyl (C=O) groups excluding carboxylic acids is 2. The maximum absolute atomic E-state index is 12.3. The number of ketones is 1. The molecule has 1 atom stereocenters. The highest BCUT2D eigenvalue weighted by atomic mass is 16.3. The predicted molar refractivity (Wildman–Crippen MR) is 89.2 cm³/mol. The minimum Gasteiger partial charge on any atom is -0.458 e. The number of urea groups is 1. The van der Waals surface area contributed by atoms with E-state index in [0.717, 1.165) is 12.2 Å². The molecule has 0 aliphatic carbocycles. The van der Waals surface area contributed by atoms with Gasteiger partial charge >= 0.3 is 6.03 Å². The van der Waals surface area contributed by atoms with E-state index in [2.05, 4.69) is 5.32 Å². The van der Waals surface area contributed by atoms with Crippen LogP contribution in [0, 0.1) is 0 Å². The van der Waals surface area contributed by atoms with Crippen LogP contribution in [0.5, 0.6) is 0 Å². The number of anilines is 1. The summed E-state index contributed by atoms with van der Waals surface area (Å²) in [7, 11) is 0. The molecule has 3 rings (SSSR count). The smallest absolute Gasteiger partial charge is 0.321 e. The molecule has 1 fully saturated rings. The van der Waals surface area contributed by atoms with Gasteiger partial charge < -0.3 is 19.7 Å². The lowest BCUT2D eigenvalue weighted by Gasteiger charge is -2.16. The van der Waals surface area contributed by atoms with Gasteiger partial charge in [0.2, 0.25) is 5.78 Å². The second-order valence-corrected chi connectivity index (χ2v) is 5.84. The monoisotopic (exact) mass is 328 g/mol. The van der Waals surface area contributed by atoms with E-state index in [1.807, 2.05) is 6.92 Å². The summed E-state index contributed by atoms with van der Waals surface area (Å²) in [6.07, 6.45) is 0.893. The number of aliphatic hydroxyl groups is 1. The topological polar surface area (TPSA) is 82.8 Å². The fraction of sp³-hybridized carbons (Fsp3) is 0.333. The summed E-state index contributed by atoms with van der Waals surface area (Å²) >= 11 is 0. The number of carbonyl (C=O) groups is 2. The molecule has 2 N–H and O–H groups in total. The summed E-state index contributed by atoms with van der Waals surface area (Å²) in [4.78, 5) is 26.0. The molecule has 0 saturated carbocycles. The van der Waals surface area contributed by atoms with Crippen LogP contribution in [0.4, 0.5) is 10.5 Å². The van der Waals surface area contributed by atoms with Crippen LogP contribution in [0.25, 0.3) is 0 Å². The van der Waals surface area contributed by atoms with Gasteiger partial charge in [0.15, 0.2) is 5.76 Å². The van der Waals surface area contributed by atoms with Gasteiger partial charge in [-0.05, 0) is 42.8 Å². The Hall–Kier alpha value is -2.60. The first-order valence-corrected chi connectivity index (χ1v) is 8.04. The highest BCUT2D eigenvalue weighted by Crippen LogP contribution is 2.17. The van der Waals surface area contributed by atoms with Crippen LogP contribution in [0.15, 0.2) is 40.8 Å². The SMILES string of the molecule is CCc1ccc(C(=O)c2ccc(NC(=O)N3CC[C@@H](O)C3)cc2)o1. The largest absolute Gasteiger partial charge is 0.458 e. The highest BCUT2D eigenvalue weighted by Gasteiger charge is 2.24. The molecule has 2 amide bonds. The van der Waals surface area contributed by atoms with Crippen molar-refractivity contribution in [3.8, 4) is 0 Å². The van der Waals surface area contributed by atoms with E-state index in [1.165, 1.54) is 0 Å². The van der Waals surface area contributed by atoms with Gasteiger partial charge in [0.05, 0.1) is 6.10 Å². The molecule has 1 aliphatic rings. The lowest BCUT2D eigenvalue weighted by atomic mass is 10.1. The standard InChI is InChI=1S/C18H20N2O4/c1-2-15-7-8-16(24-15)17(22)12-3-5-13(6-4-12)19-18(23)20-10-9-14(21)11-20/h3-8,14,21H,2,9-11H2,1H3,(H,19,23)/t14-/m1/s1. The van der Waals surface area contributed by atoms with Gasteiger partial charge in [0, 0.05) is 30.8 Å². The molecule has 126 valence electrons. The number of nitrogens with zero attached hydrogens (tertiary/aromatic N) is 1. The molecular formula is C18H20N2O4. The number of hydrogen-bond acceptors (Lipinski definition) is 4. The Kier molecular flexibility index (Phi) is 4.66. The van der Waals surface area contributed by atoms with Gasteiger partial charge in [-0.3, -0.25) is 4.79 Å². The van der Waals surface area contributed by atoms with Crippen LogP contribution in [-0.2, 0) is 6.42 Å². The molecule has 0 unspecified atom stereocenters. The maximum Gasteiger partial charge on any atom is 0.321 e. The normalized spacial score (nSPS) is 17.1. The van der Waals surface area contributed by atoms with Crippen LogP contribution >= 0.6 is 0 Å². The van der Waals surface area contributed by atoms with Crippen molar-refractivity contribution in [2.75, 3.05) is 18.4 Å². The molecule has 1 aliphatic heterocycles. The zero-order chi connectivity index (χ0) is 17.1. The fourth-order valence-electron chi connectivity index (χ4n) is 2.67. The van der Waals surface area contributed by atoms with Gasteiger partial charge in [0.1, 0.15) is 5.76 Å². The summed E-state index contributed by atoms with van der Waals surface area (Å²) in [5.41, 5.74) is 1.10. The summed E-state index contributed by atoms with van der Waals surface area (Å²) in [6.45, 7) is 2.85. The van der Waals surface area contributed by atoms with Crippen LogP contribution in [-0.4, -0.2) is 41.0 Å². The Morgan fingerprint density at radius 2 is 2.00 bits per heavy atom. The van der Waals surface area contributed by atoms with E-state index in [9.17, 15) is 14.7 Å². The number of β-amino-alcohol motifs (C(OH)–C–C–N with tert-alkyl or cyclic N) is 1. The van der Waals surface area contributed by atoms with Crippen molar-refractivity contribution in [2.24, 2.45) is 0 Å². The summed E-state index contributed by atoms with van der Waals surface area (Å²) in [6, 6.07) is 9.91. The Morgan fingerprint density at radius 1 is 1.25 bits per heavy atom. The quantitative estimate of drug-likeness (QED) is 0.845. The predicted octanol–water partition coefficient (Wildman–Crippen LogP) is 2.67. The minimum absolute atomic E-state index is 0.185. The number of nitrogens with one attached hydrogen (secondary N) is 1. The lowest BCUT2D eigenvalue weighted by molar-refractivity contribution is 0.101. The van der Waals surface area contributed by atoms with E-state index in [-0.39, 0.29) is 11.8 Å². The van der Waals surface area contributed by atoms with Gasteiger partial charge in [-0.2, -0.15) is 0 Å². The average molecular weight is 328 g/mol. The van der Waals surface area contributed by atoms with Crippen molar-refractivity contribution in [3.05, 3.63) is 53.5 Å². The van der Waals surface area contributed by atoms with Gasteiger partial charge in [-0.1, -0.05) is 6.92 Å². The molecular weight excluding hydrogens is 308 g/mol. The average Bonchev–Trinajstić information content (AvgIpc) is 3.23. The van der Waals surface area contributed by atoms with Crippen LogP contribution in [0.2, 0.25) is 0 Å². The van der Waals surface area contributed by atoms with Crippen molar-refractivity contribution in [2.45, 2.75) is 25.9 Å². The zero-order valence-corrected chi connectivity index (χ0v) is 13.5. The van der Waals surface area contributed by atoms with Crippen molar-refractivity contribution in [1.29, 1.82) is 0 Å². The summed E-state index contributed by atoms with van der Waals surface area (Å²) in [5, 5.41) is 12.2. The molecule has 0 spiro atoms. The van der Waals surface area contributed by atoms with Gasteiger partial charge in [0.25, 0.3) is 0 Å². The van der Waals surface area contributed by atoms with Crippen molar-refractivity contribution < 1.29 is 19.1 Å². The minimum atomic E-state index is -0.447. The van der Waals surface area contributed by atoms with E-state index in [1.54, 1.807) is 41.3 Å². The second kappa shape index (κ2) is 6.88. The number of furan rings is 1. The zero-order valence-electron chi connectivity index (χ0n) is 13.5. The number of likely N-dealkylation sites (tertiary alicyclic amines) is 1. The molecule has 1 saturated heterocycles. The summed E-state index contributed by atoms with van der Waals surface area (Å²) in [5.74, 6) is 0.903. The first-order valence-electron chi connectivity index (χ1n) is 8.04. The number of aryl methyl sites for hydroxylation is 1. The molecule has 2 aromatic rings. The van der Waals surface area contributed by atoms with E-state index >= 15 is 0 Å². The number of benzene rings is 1. The highest BCUT2D eigenvalue weighted by molar-refractivity contribution is 6.07. The van der Waals surface area contributed by atoms with Crippen LogP contribution < -0.4 is 5.32 Å². The maximum atomic E-state index is 12.3. The number of hydrogen-bond donors (Lipinski definition) is 2. The Labute approximate surface area is 140 Å². The van der Waals surface area contributed by atoms with E-state index < -0.39 is 6.10 Å². The van der Waals surface area contributed by atoms with Gasteiger partial charge in [-0.15, -0.1) is 0 Å². The first kappa shape index (κ1) is 16.3. The van der Waals surface area contributed by atoms with E-state index in [4.69, 9.17) is 4.42 Å². The molecule has 2 heterocycles. The van der Waals surface area contributed by atoms with Gasteiger partial charge in [-0.25, -0.2) is 4.79 Å². The summed E-state index contributed by atoms with van der Waals surface area (Å²) < 4.78 is 5.47.